The summed E-state index contributed by atoms with van der Waals surface area (Å²) in [4.78, 5) is 32.1. The summed E-state index contributed by atoms with van der Waals surface area (Å²) in [5, 5.41) is 4.12. The number of imide groups is 1. The molecule has 1 atom stereocenters. The normalized spacial score (nSPS) is 14.0. The topological polar surface area (TPSA) is 76.3 Å². The van der Waals surface area contributed by atoms with Gasteiger partial charge in [-0.25, -0.2) is 0 Å². The van der Waals surface area contributed by atoms with E-state index in [1.54, 1.807) is 24.3 Å². The molecule has 0 aliphatic carbocycles. The number of amides is 2. The van der Waals surface area contributed by atoms with Crippen LogP contribution in [0.3, 0.4) is 0 Å². The zero-order chi connectivity index (χ0) is 21.4. The number of hydrogen-bond acceptors (Lipinski definition) is 5. The predicted molar refractivity (Wildman–Crippen MR) is 114 cm³/mol. The highest BCUT2D eigenvalue weighted by molar-refractivity contribution is 6.21. The van der Waals surface area contributed by atoms with E-state index >= 15 is 0 Å². The van der Waals surface area contributed by atoms with Gasteiger partial charge >= 0.3 is 0 Å². The van der Waals surface area contributed by atoms with Gasteiger partial charge in [0.25, 0.3) is 11.8 Å². The summed E-state index contributed by atoms with van der Waals surface area (Å²) < 4.78 is 5.52. The first-order valence-corrected chi connectivity index (χ1v) is 10.0. The van der Waals surface area contributed by atoms with Crippen molar-refractivity contribution >= 4 is 11.8 Å². The highest BCUT2D eigenvalue weighted by atomic mass is 16.5. The molecule has 5 rings (SSSR count). The third kappa shape index (κ3) is 3.32. The zero-order valence-corrected chi connectivity index (χ0v) is 16.9. The van der Waals surface area contributed by atoms with Gasteiger partial charge < -0.3 is 4.52 Å². The van der Waals surface area contributed by atoms with E-state index in [-0.39, 0.29) is 18.2 Å². The smallest absolute Gasteiger partial charge is 0.262 e. The van der Waals surface area contributed by atoms with E-state index in [0.29, 0.717) is 22.8 Å². The van der Waals surface area contributed by atoms with Gasteiger partial charge in [-0.1, -0.05) is 71.9 Å². The third-order valence-corrected chi connectivity index (χ3v) is 5.54. The Morgan fingerprint density at radius 2 is 1.39 bits per heavy atom. The van der Waals surface area contributed by atoms with Crippen LogP contribution in [0.25, 0.3) is 11.4 Å². The summed E-state index contributed by atoms with van der Waals surface area (Å²) in [6, 6.07) is 23.6. The molecule has 2 heterocycles. The maximum absolute atomic E-state index is 13.1. The lowest BCUT2D eigenvalue weighted by Crippen LogP contribution is -2.35. The molecule has 6 heteroatoms. The van der Waals surface area contributed by atoms with Crippen molar-refractivity contribution in [3.05, 3.63) is 107 Å². The minimum Gasteiger partial charge on any atom is -0.339 e. The lowest BCUT2D eigenvalue weighted by Gasteiger charge is -2.25. The molecular weight excluding hydrogens is 390 g/mol. The van der Waals surface area contributed by atoms with Gasteiger partial charge in [0.1, 0.15) is 0 Å². The van der Waals surface area contributed by atoms with Crippen molar-refractivity contribution in [1.29, 1.82) is 0 Å². The van der Waals surface area contributed by atoms with Gasteiger partial charge in [-0.05, 0) is 30.2 Å². The molecule has 0 saturated carbocycles. The Morgan fingerprint density at radius 3 is 2.03 bits per heavy atom. The van der Waals surface area contributed by atoms with Crippen LogP contribution in [0.4, 0.5) is 0 Å². The van der Waals surface area contributed by atoms with E-state index in [2.05, 4.69) is 10.1 Å². The Kier molecular flexibility index (Phi) is 4.67. The molecule has 0 fully saturated rings. The Labute approximate surface area is 179 Å². The third-order valence-electron chi connectivity index (χ3n) is 5.54. The standard InChI is InChI=1S/C25H19N3O3/c1-16-9-5-6-12-18(16)23-26-22(31-27-23)15-21(17-10-3-2-4-11-17)28-24(29)19-13-7-8-14-20(19)25(28)30/h2-14,21H,15H2,1H3/t21-/m1/s1. The molecule has 1 aliphatic heterocycles. The highest BCUT2D eigenvalue weighted by Crippen LogP contribution is 2.33. The molecule has 0 bridgehead atoms. The molecule has 0 spiro atoms. The van der Waals surface area contributed by atoms with Crippen molar-refractivity contribution in [2.75, 3.05) is 0 Å². The van der Waals surface area contributed by atoms with Crippen molar-refractivity contribution in [3.63, 3.8) is 0 Å². The van der Waals surface area contributed by atoms with E-state index < -0.39 is 6.04 Å². The van der Waals surface area contributed by atoms with Crippen molar-refractivity contribution < 1.29 is 14.1 Å². The maximum atomic E-state index is 13.1. The molecule has 0 N–H and O–H groups in total. The number of carbonyl (C=O) groups is 2. The minimum atomic E-state index is -0.557. The van der Waals surface area contributed by atoms with E-state index in [0.717, 1.165) is 16.7 Å². The number of rotatable bonds is 5. The van der Waals surface area contributed by atoms with Crippen molar-refractivity contribution in [2.24, 2.45) is 0 Å². The van der Waals surface area contributed by atoms with Crippen molar-refractivity contribution in [1.82, 2.24) is 15.0 Å². The van der Waals surface area contributed by atoms with Gasteiger partial charge in [-0.2, -0.15) is 4.98 Å². The maximum Gasteiger partial charge on any atom is 0.262 e. The summed E-state index contributed by atoms with van der Waals surface area (Å²) >= 11 is 0. The van der Waals surface area contributed by atoms with Crippen LogP contribution in [0, 0.1) is 6.92 Å². The summed E-state index contributed by atoms with van der Waals surface area (Å²) in [5.74, 6) is 0.229. The number of hydrogen-bond donors (Lipinski definition) is 0. The molecule has 0 unspecified atom stereocenters. The van der Waals surface area contributed by atoms with Crippen LogP contribution in [-0.4, -0.2) is 26.9 Å². The first-order chi connectivity index (χ1) is 15.1. The van der Waals surface area contributed by atoms with E-state index in [4.69, 9.17) is 4.52 Å². The molecule has 0 radical (unpaired) electrons. The first kappa shape index (κ1) is 18.9. The van der Waals surface area contributed by atoms with Gasteiger partial charge in [0.05, 0.1) is 23.6 Å². The molecule has 31 heavy (non-hydrogen) atoms. The molecule has 1 aliphatic rings. The van der Waals surface area contributed by atoms with Crippen LogP contribution in [-0.2, 0) is 6.42 Å². The number of nitrogens with zero attached hydrogens (tertiary/aromatic N) is 3. The average Bonchev–Trinajstić information content (AvgIpc) is 3.36. The molecule has 4 aromatic rings. The second-order valence-electron chi connectivity index (χ2n) is 7.48. The Hall–Kier alpha value is -4.06. The van der Waals surface area contributed by atoms with E-state index in [9.17, 15) is 9.59 Å². The molecule has 0 saturated heterocycles. The zero-order valence-electron chi connectivity index (χ0n) is 16.9. The molecule has 6 nitrogen and oxygen atoms in total. The molecule has 1 aromatic heterocycles. The number of carbonyl (C=O) groups excluding carboxylic acids is 2. The summed E-state index contributed by atoms with van der Waals surface area (Å²) in [5.41, 5.74) is 3.58. The fourth-order valence-electron chi connectivity index (χ4n) is 3.96. The first-order valence-electron chi connectivity index (χ1n) is 10.0. The van der Waals surface area contributed by atoms with Crippen molar-refractivity contribution in [3.8, 4) is 11.4 Å². The number of aryl methyl sites for hydroxylation is 1. The number of fused-ring (bicyclic) bond motifs is 1. The monoisotopic (exact) mass is 409 g/mol. The number of aromatic nitrogens is 2. The molecule has 152 valence electrons. The van der Waals surface area contributed by atoms with Crippen LogP contribution >= 0.6 is 0 Å². The van der Waals surface area contributed by atoms with Gasteiger partial charge in [0.2, 0.25) is 11.7 Å². The largest absolute Gasteiger partial charge is 0.339 e. The van der Waals surface area contributed by atoms with Crippen LogP contribution in [0.1, 0.15) is 43.8 Å². The summed E-state index contributed by atoms with van der Waals surface area (Å²) in [7, 11) is 0. The molecular formula is C25H19N3O3. The SMILES string of the molecule is Cc1ccccc1-c1noc(C[C@H](c2ccccc2)N2C(=O)c3ccccc3C2=O)n1. The average molecular weight is 409 g/mol. The molecule has 2 amide bonds. The lowest BCUT2D eigenvalue weighted by molar-refractivity contribution is 0.0575. The predicted octanol–water partition coefficient (Wildman–Crippen LogP) is 4.63. The molecule has 3 aromatic carbocycles. The Balaban J connectivity index is 1.52. The van der Waals surface area contributed by atoms with Crippen LogP contribution in [0.5, 0.6) is 0 Å². The Morgan fingerprint density at radius 1 is 0.806 bits per heavy atom. The van der Waals surface area contributed by atoms with Crippen molar-refractivity contribution in [2.45, 2.75) is 19.4 Å². The second kappa shape index (κ2) is 7.65. The highest BCUT2D eigenvalue weighted by Gasteiger charge is 2.41. The lowest BCUT2D eigenvalue weighted by atomic mass is 10.0. The quantitative estimate of drug-likeness (QED) is 0.450. The van der Waals surface area contributed by atoms with Gasteiger partial charge in [-0.15, -0.1) is 0 Å². The second-order valence-corrected chi connectivity index (χ2v) is 7.48. The van der Waals surface area contributed by atoms with Crippen LogP contribution < -0.4 is 0 Å². The van der Waals surface area contributed by atoms with E-state index in [1.165, 1.54) is 4.90 Å². The van der Waals surface area contributed by atoms with Gasteiger partial charge in [0.15, 0.2) is 0 Å². The Bertz CT molecular complexity index is 1240. The van der Waals surface area contributed by atoms with E-state index in [1.807, 2.05) is 61.5 Å². The summed E-state index contributed by atoms with van der Waals surface area (Å²) in [6.45, 7) is 1.98. The fourth-order valence-corrected chi connectivity index (χ4v) is 3.96. The van der Waals surface area contributed by atoms with Crippen LogP contribution in [0.15, 0.2) is 83.4 Å². The van der Waals surface area contributed by atoms with Gasteiger partial charge in [0, 0.05) is 5.56 Å². The summed E-state index contributed by atoms with van der Waals surface area (Å²) in [6.07, 6.45) is 0.231. The fraction of sp³-hybridized carbons (Fsp3) is 0.120. The number of benzene rings is 3. The van der Waals surface area contributed by atoms with Crippen LogP contribution in [0.2, 0.25) is 0 Å². The minimum absolute atomic E-state index is 0.231. The van der Waals surface area contributed by atoms with Gasteiger partial charge in [-0.3, -0.25) is 14.5 Å².